The average Bonchev–Trinajstić information content (AvgIpc) is 2.20. The average molecular weight is 318 g/mol. The minimum atomic E-state index is -1.05. The molecule has 0 bridgehead atoms. The number of halogens is 1. The Bertz CT molecular complexity index is 389. The summed E-state index contributed by atoms with van der Waals surface area (Å²) in [5.41, 5.74) is 2.37. The topological polar surface area (TPSA) is 35.1 Å². The summed E-state index contributed by atoms with van der Waals surface area (Å²) in [6.45, 7) is 10.0. The summed E-state index contributed by atoms with van der Waals surface area (Å²) in [6, 6.07) is 6.17. The molecule has 0 aliphatic rings. The molecule has 0 aliphatic heterocycles. The predicted molar refractivity (Wildman–Crippen MR) is 78.3 cm³/mol. The van der Waals surface area contributed by atoms with E-state index in [1.165, 1.54) is 11.1 Å². The van der Waals surface area contributed by atoms with Crippen molar-refractivity contribution in [3.05, 3.63) is 33.8 Å². The lowest BCUT2D eigenvalue weighted by molar-refractivity contribution is 0.531. The molecule has 17 heavy (non-hydrogen) atoms. The zero-order chi connectivity index (χ0) is 13.2. The first kappa shape index (κ1) is 15.0. The number of nitrogens with one attached hydrogen (secondary N) is 1. The van der Waals surface area contributed by atoms with Crippen LogP contribution in [0, 0.1) is 6.92 Å². The largest absolute Gasteiger partial charge is 0.598 e. The van der Waals surface area contributed by atoms with E-state index in [9.17, 15) is 4.55 Å². The molecule has 1 N–H and O–H groups in total. The molecule has 2 nitrogen and oxygen atoms in total. The van der Waals surface area contributed by atoms with Crippen molar-refractivity contribution in [1.82, 2.24) is 4.72 Å². The molecule has 0 amide bonds. The van der Waals surface area contributed by atoms with Gasteiger partial charge in [-0.2, -0.15) is 0 Å². The Labute approximate surface area is 116 Å². The molecule has 0 fully saturated rings. The van der Waals surface area contributed by atoms with Gasteiger partial charge in [-0.25, -0.2) is 0 Å². The van der Waals surface area contributed by atoms with E-state index in [1.54, 1.807) is 0 Å². The van der Waals surface area contributed by atoms with E-state index < -0.39 is 11.4 Å². The second-order valence-corrected chi connectivity index (χ2v) is 8.03. The van der Waals surface area contributed by atoms with Crippen molar-refractivity contribution in [3.63, 3.8) is 0 Å². The van der Waals surface area contributed by atoms with Crippen LogP contribution in [0.5, 0.6) is 0 Å². The summed E-state index contributed by atoms with van der Waals surface area (Å²) in [5.74, 6) is 0. The van der Waals surface area contributed by atoms with Crippen molar-refractivity contribution in [2.45, 2.75) is 45.4 Å². The van der Waals surface area contributed by atoms with Crippen molar-refractivity contribution < 1.29 is 4.55 Å². The first-order valence-electron chi connectivity index (χ1n) is 5.66. The van der Waals surface area contributed by atoms with Gasteiger partial charge in [0, 0.05) is 15.8 Å². The van der Waals surface area contributed by atoms with Gasteiger partial charge in [-0.15, -0.1) is 4.72 Å². The number of benzene rings is 1. The van der Waals surface area contributed by atoms with Crippen LogP contribution >= 0.6 is 15.9 Å². The van der Waals surface area contributed by atoms with Gasteiger partial charge in [0.2, 0.25) is 0 Å². The molecule has 0 aromatic heterocycles. The third-order valence-electron chi connectivity index (χ3n) is 2.62. The highest BCUT2D eigenvalue weighted by molar-refractivity contribution is 9.10. The molecule has 96 valence electrons. The monoisotopic (exact) mass is 317 g/mol. The number of rotatable bonds is 3. The van der Waals surface area contributed by atoms with Crippen LogP contribution in [-0.2, 0) is 11.4 Å². The van der Waals surface area contributed by atoms with E-state index in [4.69, 9.17) is 0 Å². The lowest BCUT2D eigenvalue weighted by Gasteiger charge is -2.27. The van der Waals surface area contributed by atoms with Gasteiger partial charge in [-0.3, -0.25) is 0 Å². The van der Waals surface area contributed by atoms with Crippen LogP contribution in [0.2, 0.25) is 0 Å². The first-order valence-corrected chi connectivity index (χ1v) is 7.61. The summed E-state index contributed by atoms with van der Waals surface area (Å²) >= 11 is 2.47. The Balaban J connectivity index is 2.84. The lowest BCUT2D eigenvalue weighted by Crippen LogP contribution is -2.40. The summed E-state index contributed by atoms with van der Waals surface area (Å²) in [7, 11) is 0. The van der Waals surface area contributed by atoms with Crippen LogP contribution in [0.3, 0.4) is 0 Å². The quantitative estimate of drug-likeness (QED) is 0.859. The van der Waals surface area contributed by atoms with Crippen molar-refractivity contribution in [1.29, 1.82) is 0 Å². The predicted octanol–water partition coefficient (Wildman–Crippen LogP) is 3.87. The van der Waals surface area contributed by atoms with Crippen molar-refractivity contribution >= 4 is 27.3 Å². The van der Waals surface area contributed by atoms with Gasteiger partial charge in [0.15, 0.2) is 0 Å². The van der Waals surface area contributed by atoms with Gasteiger partial charge in [-0.1, -0.05) is 28.1 Å². The fourth-order valence-corrected chi connectivity index (χ4v) is 2.68. The second-order valence-electron chi connectivity index (χ2n) is 5.17. The molecule has 2 atom stereocenters. The van der Waals surface area contributed by atoms with Gasteiger partial charge >= 0.3 is 0 Å². The van der Waals surface area contributed by atoms with Gasteiger partial charge < -0.3 is 4.55 Å². The Morgan fingerprint density at radius 1 is 1.35 bits per heavy atom. The maximum absolute atomic E-state index is 12.0. The zero-order valence-corrected chi connectivity index (χ0v) is 13.4. The van der Waals surface area contributed by atoms with Crippen LogP contribution < -0.4 is 4.72 Å². The van der Waals surface area contributed by atoms with Gasteiger partial charge in [0.05, 0.1) is 6.04 Å². The Morgan fingerprint density at radius 2 is 1.94 bits per heavy atom. The van der Waals surface area contributed by atoms with Gasteiger partial charge in [0.25, 0.3) is 0 Å². The van der Waals surface area contributed by atoms with Crippen LogP contribution in [-0.4, -0.2) is 9.30 Å². The van der Waals surface area contributed by atoms with E-state index in [0.29, 0.717) is 0 Å². The van der Waals surface area contributed by atoms with Crippen molar-refractivity contribution in [2.75, 3.05) is 0 Å². The number of hydrogen-bond acceptors (Lipinski definition) is 2. The molecular formula is C13H20BrNOS. The fourth-order valence-electron chi connectivity index (χ4n) is 1.49. The molecule has 1 aromatic carbocycles. The summed E-state index contributed by atoms with van der Waals surface area (Å²) in [5, 5.41) is 0. The summed E-state index contributed by atoms with van der Waals surface area (Å²) in [6.07, 6.45) is 0. The fraction of sp³-hybridized carbons (Fsp3) is 0.538. The van der Waals surface area contributed by atoms with Crippen molar-refractivity contribution in [3.8, 4) is 0 Å². The first-order chi connectivity index (χ1) is 7.73. The van der Waals surface area contributed by atoms with Crippen LogP contribution in [0.4, 0.5) is 0 Å². The van der Waals surface area contributed by atoms with E-state index >= 15 is 0 Å². The Hall–Kier alpha value is -0.0300. The highest BCUT2D eigenvalue weighted by Crippen LogP contribution is 2.26. The lowest BCUT2D eigenvalue weighted by atomic mass is 10.0. The third-order valence-corrected chi connectivity index (χ3v) is 5.16. The smallest absolute Gasteiger partial charge is 0.136 e. The molecule has 0 aliphatic carbocycles. The normalized spacial score (nSPS) is 15.7. The molecule has 1 unspecified atom stereocenters. The molecule has 0 radical (unpaired) electrons. The third kappa shape index (κ3) is 3.98. The molecule has 0 heterocycles. The molecule has 4 heteroatoms. The molecule has 0 saturated heterocycles. The maximum Gasteiger partial charge on any atom is 0.136 e. The van der Waals surface area contributed by atoms with Crippen LogP contribution in [0.15, 0.2) is 22.7 Å². The summed E-state index contributed by atoms with van der Waals surface area (Å²) < 4.78 is 16.0. The molecular weight excluding hydrogens is 298 g/mol. The van der Waals surface area contributed by atoms with E-state index in [1.807, 2.05) is 39.8 Å². The Morgan fingerprint density at radius 3 is 2.47 bits per heavy atom. The standard InChI is InChI=1S/C13H20BrNOS/c1-9-11(7-6-8-12(9)14)10(2)15-17(16)13(3,4)5/h6-8,10,15H,1-5H3/t10?,17-/m0/s1. The maximum atomic E-state index is 12.0. The zero-order valence-electron chi connectivity index (χ0n) is 11.0. The number of hydrogen-bond donors (Lipinski definition) is 1. The highest BCUT2D eigenvalue weighted by Gasteiger charge is 2.28. The van der Waals surface area contributed by atoms with Crippen LogP contribution in [0.25, 0.3) is 0 Å². The molecule has 1 aromatic rings. The minimum absolute atomic E-state index is 0.0764. The summed E-state index contributed by atoms with van der Waals surface area (Å²) in [4.78, 5) is 0. The molecule has 0 saturated carbocycles. The molecule has 0 spiro atoms. The van der Waals surface area contributed by atoms with Crippen LogP contribution in [0.1, 0.15) is 44.9 Å². The SMILES string of the molecule is Cc1c(Br)cccc1C(C)N[S@@+]([O-])C(C)(C)C. The van der Waals surface area contributed by atoms with E-state index in [2.05, 4.69) is 33.6 Å². The van der Waals surface area contributed by atoms with E-state index in [0.717, 1.165) is 4.47 Å². The van der Waals surface area contributed by atoms with Gasteiger partial charge in [-0.05, 0) is 51.8 Å². The van der Waals surface area contributed by atoms with Crippen molar-refractivity contribution in [2.24, 2.45) is 0 Å². The highest BCUT2D eigenvalue weighted by atomic mass is 79.9. The van der Waals surface area contributed by atoms with E-state index in [-0.39, 0.29) is 10.8 Å². The second kappa shape index (κ2) is 5.74. The minimum Gasteiger partial charge on any atom is -0.598 e. The Kier molecular flexibility index (Phi) is 5.07. The molecule has 1 rings (SSSR count). The van der Waals surface area contributed by atoms with Gasteiger partial charge in [0.1, 0.15) is 4.75 Å².